The summed E-state index contributed by atoms with van der Waals surface area (Å²) in [6, 6.07) is 6.87. The average molecular weight is 571 g/mol. The van der Waals surface area contributed by atoms with Crippen LogP contribution in [0.5, 0.6) is 0 Å². The molecule has 9 nitrogen and oxygen atoms in total. The van der Waals surface area contributed by atoms with Crippen LogP contribution in [0.2, 0.25) is 0 Å². The average Bonchev–Trinajstić information content (AvgIpc) is 3.82. The maximum absolute atomic E-state index is 14.3. The van der Waals surface area contributed by atoms with Crippen LogP contribution >= 0.6 is 0 Å². The van der Waals surface area contributed by atoms with Crippen molar-refractivity contribution in [1.29, 1.82) is 0 Å². The Bertz CT molecular complexity index is 1420. The number of nitrogens with zero attached hydrogens (tertiary/aromatic N) is 4. The fraction of sp³-hybridized carbons (Fsp3) is 0.621. The number of hydrogen-bond donors (Lipinski definition) is 2. The van der Waals surface area contributed by atoms with Crippen LogP contribution in [0.3, 0.4) is 0 Å². The Morgan fingerprint density at radius 1 is 0.900 bits per heavy atom. The Morgan fingerprint density at radius 2 is 1.55 bits per heavy atom. The van der Waals surface area contributed by atoms with Crippen LogP contribution < -0.4 is 19.8 Å². The minimum absolute atomic E-state index is 0.315. The lowest BCUT2D eigenvalue weighted by Gasteiger charge is -2.35. The van der Waals surface area contributed by atoms with E-state index >= 15 is 0 Å². The lowest BCUT2D eigenvalue weighted by molar-refractivity contribution is 0.102. The van der Waals surface area contributed by atoms with Crippen LogP contribution in [-0.2, 0) is 10.0 Å². The van der Waals surface area contributed by atoms with E-state index in [0.717, 1.165) is 31.6 Å². The minimum Gasteiger partial charge on any atom is -0.371 e. The van der Waals surface area contributed by atoms with E-state index in [9.17, 15) is 17.6 Å². The van der Waals surface area contributed by atoms with E-state index in [1.807, 2.05) is 11.8 Å². The Hall–Kier alpha value is -2.95. The number of alkyl halides is 1. The molecule has 2 saturated heterocycles. The van der Waals surface area contributed by atoms with Gasteiger partial charge in [-0.25, -0.2) is 17.8 Å². The summed E-state index contributed by atoms with van der Waals surface area (Å²) in [6.45, 7) is 7.91. The van der Waals surface area contributed by atoms with Gasteiger partial charge in [0.1, 0.15) is 11.5 Å². The minimum atomic E-state index is -3.52. The zero-order valence-corrected chi connectivity index (χ0v) is 24.4. The van der Waals surface area contributed by atoms with E-state index in [-0.39, 0.29) is 5.91 Å². The summed E-state index contributed by atoms with van der Waals surface area (Å²) in [5, 5.41) is 2.95. The molecule has 2 aromatic rings. The maximum Gasteiger partial charge on any atom is 0.258 e. The first-order valence-corrected chi connectivity index (χ1v) is 15.9. The molecule has 3 heterocycles. The van der Waals surface area contributed by atoms with Gasteiger partial charge in [-0.05, 0) is 95.8 Å². The van der Waals surface area contributed by atoms with Gasteiger partial charge in [0.15, 0.2) is 0 Å². The van der Waals surface area contributed by atoms with Crippen molar-refractivity contribution in [2.75, 3.05) is 46.0 Å². The standard InChI is InChI=1S/C29H39FN6O3S/c1-20-18-24(33-26(31-20)36-14-10-27(2,30)11-15-36)32-25(37)22-5-4-21(34-40(38,39)28(3)6-7-28)19-23(22)35-16-12-29(8-9-29)13-17-35/h4-5,18-19,34H,6-17H2,1-3H3,(H,31,32,33,37). The predicted molar refractivity (Wildman–Crippen MR) is 155 cm³/mol. The quantitative estimate of drug-likeness (QED) is 0.480. The number of nitrogens with one attached hydrogen (secondary N) is 2. The van der Waals surface area contributed by atoms with E-state index in [1.54, 1.807) is 38.1 Å². The van der Waals surface area contributed by atoms with E-state index in [2.05, 4.69) is 24.9 Å². The highest BCUT2D eigenvalue weighted by Gasteiger charge is 2.50. The summed E-state index contributed by atoms with van der Waals surface area (Å²) in [4.78, 5) is 27.0. The van der Waals surface area contributed by atoms with Gasteiger partial charge < -0.3 is 15.1 Å². The summed E-state index contributed by atoms with van der Waals surface area (Å²) in [5.74, 6) is 0.549. The second-order valence-corrected chi connectivity index (χ2v) is 15.0. The van der Waals surface area contributed by atoms with Gasteiger partial charge in [-0.3, -0.25) is 9.52 Å². The highest BCUT2D eigenvalue weighted by molar-refractivity contribution is 7.94. The molecule has 1 aromatic heterocycles. The van der Waals surface area contributed by atoms with Crippen LogP contribution in [-0.4, -0.2) is 60.9 Å². The van der Waals surface area contributed by atoms with Crippen LogP contribution in [0.15, 0.2) is 24.3 Å². The lowest BCUT2D eigenvalue weighted by Crippen LogP contribution is -2.41. The molecular formula is C29H39FN6O3S. The molecule has 2 aliphatic carbocycles. The number of anilines is 4. The Kier molecular flexibility index (Phi) is 6.51. The molecule has 1 amide bonds. The molecule has 11 heteroatoms. The van der Waals surface area contributed by atoms with Crippen LogP contribution in [0.1, 0.15) is 81.3 Å². The van der Waals surface area contributed by atoms with Crippen molar-refractivity contribution < 1.29 is 17.6 Å². The summed E-state index contributed by atoms with van der Waals surface area (Å²) < 4.78 is 42.2. The number of aryl methyl sites for hydroxylation is 1. The van der Waals surface area contributed by atoms with E-state index in [1.165, 1.54) is 12.8 Å². The summed E-state index contributed by atoms with van der Waals surface area (Å²) in [5.41, 5.74) is 1.64. The summed E-state index contributed by atoms with van der Waals surface area (Å²) in [7, 11) is -3.52. The molecule has 1 spiro atoms. The Balaban J connectivity index is 1.25. The molecule has 1 aromatic carbocycles. The van der Waals surface area contributed by atoms with Crippen LogP contribution in [0.4, 0.5) is 27.5 Å². The van der Waals surface area contributed by atoms with Crippen molar-refractivity contribution in [1.82, 2.24) is 9.97 Å². The van der Waals surface area contributed by atoms with Gasteiger partial charge in [0, 0.05) is 37.9 Å². The zero-order valence-electron chi connectivity index (χ0n) is 23.6. The molecule has 2 N–H and O–H groups in total. The van der Waals surface area contributed by atoms with Crippen molar-refractivity contribution in [3.05, 3.63) is 35.5 Å². The number of rotatable bonds is 7. The molecule has 0 radical (unpaired) electrons. The van der Waals surface area contributed by atoms with E-state index in [0.29, 0.717) is 72.9 Å². The maximum atomic E-state index is 14.3. The number of carbonyl (C=O) groups is 1. The van der Waals surface area contributed by atoms with Gasteiger partial charge >= 0.3 is 0 Å². The van der Waals surface area contributed by atoms with Crippen molar-refractivity contribution in [2.24, 2.45) is 5.41 Å². The summed E-state index contributed by atoms with van der Waals surface area (Å²) >= 11 is 0. The number of piperidine rings is 2. The largest absolute Gasteiger partial charge is 0.371 e. The van der Waals surface area contributed by atoms with E-state index < -0.39 is 20.4 Å². The molecule has 0 bridgehead atoms. The number of hydrogen-bond acceptors (Lipinski definition) is 7. The van der Waals surface area contributed by atoms with Crippen molar-refractivity contribution >= 4 is 39.1 Å². The van der Waals surface area contributed by atoms with Gasteiger partial charge in [-0.15, -0.1) is 0 Å². The fourth-order valence-electron chi connectivity index (χ4n) is 5.79. The third-order valence-electron chi connectivity index (χ3n) is 9.39. The second-order valence-electron chi connectivity index (χ2n) is 12.8. The van der Waals surface area contributed by atoms with Gasteiger partial charge in [0.25, 0.3) is 5.91 Å². The molecule has 6 rings (SSSR count). The monoisotopic (exact) mass is 570 g/mol. The number of halogens is 1. The molecular weight excluding hydrogens is 531 g/mol. The second kappa shape index (κ2) is 9.56. The fourth-order valence-corrected chi connectivity index (χ4v) is 7.11. The number of carbonyl (C=O) groups excluding carboxylic acids is 1. The number of benzene rings is 1. The first-order chi connectivity index (χ1) is 18.9. The van der Waals surface area contributed by atoms with Crippen LogP contribution in [0, 0.1) is 12.3 Å². The van der Waals surface area contributed by atoms with Gasteiger partial charge in [-0.1, -0.05) is 0 Å². The number of aromatic nitrogens is 2. The van der Waals surface area contributed by atoms with Crippen molar-refractivity contribution in [3.8, 4) is 0 Å². The van der Waals surface area contributed by atoms with E-state index in [4.69, 9.17) is 0 Å². The molecule has 4 fully saturated rings. The van der Waals surface area contributed by atoms with Gasteiger partial charge in [-0.2, -0.15) is 4.98 Å². The molecule has 2 saturated carbocycles. The Morgan fingerprint density at radius 3 is 2.17 bits per heavy atom. The molecule has 0 unspecified atom stereocenters. The Labute approximate surface area is 236 Å². The normalized spacial score (nSPS) is 22.6. The molecule has 2 aliphatic heterocycles. The lowest BCUT2D eigenvalue weighted by atomic mass is 9.93. The topological polar surface area (TPSA) is 108 Å². The predicted octanol–water partition coefficient (Wildman–Crippen LogP) is 5.04. The van der Waals surface area contributed by atoms with Gasteiger partial charge in [0.2, 0.25) is 16.0 Å². The number of sulfonamides is 1. The third-order valence-corrected chi connectivity index (χ3v) is 11.6. The summed E-state index contributed by atoms with van der Waals surface area (Å²) in [6.07, 6.45) is 6.79. The van der Waals surface area contributed by atoms with Crippen molar-refractivity contribution in [3.63, 3.8) is 0 Å². The third kappa shape index (κ3) is 5.49. The van der Waals surface area contributed by atoms with Gasteiger partial charge in [0.05, 0.1) is 21.7 Å². The SMILES string of the molecule is Cc1cc(NC(=O)c2ccc(NS(=O)(=O)C3(C)CC3)cc2N2CCC3(CC2)CC3)nc(N2CCC(C)(F)CC2)n1. The highest BCUT2D eigenvalue weighted by atomic mass is 32.2. The molecule has 0 atom stereocenters. The smallest absolute Gasteiger partial charge is 0.258 e. The molecule has 216 valence electrons. The molecule has 40 heavy (non-hydrogen) atoms. The highest BCUT2D eigenvalue weighted by Crippen LogP contribution is 2.54. The van der Waals surface area contributed by atoms with Crippen LogP contribution in [0.25, 0.3) is 0 Å². The molecule has 4 aliphatic rings. The number of amides is 1. The zero-order chi connectivity index (χ0) is 28.3. The van der Waals surface area contributed by atoms with Crippen molar-refractivity contribution in [2.45, 2.75) is 82.6 Å². The first kappa shape index (κ1) is 27.2. The first-order valence-electron chi connectivity index (χ1n) is 14.4.